The molecule has 5 saturated carbocycles. The quantitative estimate of drug-likeness (QED) is 0.493. The molecular weight excluding hydrogens is 408 g/mol. The highest BCUT2D eigenvalue weighted by Gasteiger charge is 2.91. The van der Waals surface area contributed by atoms with Gasteiger partial charge >= 0.3 is 0 Å². The highest BCUT2D eigenvalue weighted by Crippen LogP contribution is 2.83. The van der Waals surface area contributed by atoms with Crippen molar-refractivity contribution in [2.45, 2.75) is 57.5 Å². The Balaban J connectivity index is 1.58. The summed E-state index contributed by atoms with van der Waals surface area (Å²) >= 11 is 0. The van der Waals surface area contributed by atoms with Crippen molar-refractivity contribution >= 4 is 15.9 Å². The smallest absolute Gasteiger partial charge is 0.264 e. The lowest BCUT2D eigenvalue weighted by atomic mass is 9.23. The van der Waals surface area contributed by atoms with Gasteiger partial charge in [-0.1, -0.05) is 26.0 Å². The summed E-state index contributed by atoms with van der Waals surface area (Å²) in [4.78, 5) is 13.6. The van der Waals surface area contributed by atoms with E-state index in [0.29, 0.717) is 19.3 Å². The summed E-state index contributed by atoms with van der Waals surface area (Å²) in [6.45, 7) is 8.31. The molecule has 7 fully saturated rings. The summed E-state index contributed by atoms with van der Waals surface area (Å²) in [6, 6.07) is 0. The molecule has 0 radical (unpaired) electrons. The van der Waals surface area contributed by atoms with Gasteiger partial charge in [0.15, 0.2) is 5.78 Å². The van der Waals surface area contributed by atoms with Gasteiger partial charge in [-0.2, -0.15) is 8.42 Å². The van der Waals surface area contributed by atoms with Crippen molar-refractivity contribution in [1.82, 2.24) is 0 Å². The van der Waals surface area contributed by atoms with Gasteiger partial charge in [-0.15, -0.1) is 0 Å². The van der Waals surface area contributed by atoms with Gasteiger partial charge in [-0.3, -0.25) is 8.98 Å². The van der Waals surface area contributed by atoms with Gasteiger partial charge in [0, 0.05) is 17.3 Å². The molecule has 30 heavy (non-hydrogen) atoms. The molecule has 0 aromatic heterocycles. The summed E-state index contributed by atoms with van der Waals surface area (Å²) in [5, 5.41) is 23.4. The molecule has 8 heteroatoms. The Bertz CT molecular complexity index is 987. The van der Waals surface area contributed by atoms with Gasteiger partial charge in [-0.25, -0.2) is 0 Å². The maximum Gasteiger partial charge on any atom is 0.264 e. The highest BCUT2D eigenvalue weighted by atomic mass is 32.2. The fourth-order valence-electron chi connectivity index (χ4n) is 9.30. The second kappa shape index (κ2) is 5.22. The Morgan fingerprint density at radius 2 is 1.93 bits per heavy atom. The van der Waals surface area contributed by atoms with Gasteiger partial charge in [0.05, 0.1) is 24.4 Å². The van der Waals surface area contributed by atoms with Crippen LogP contribution in [0.25, 0.3) is 0 Å². The topological polar surface area (TPSA) is 110 Å². The first-order valence-electron chi connectivity index (χ1n) is 11.0. The number of Topliss-reactive ketones (excluding diaryl/α,β-unsaturated/α-hetero) is 1. The monoisotopic (exact) mass is 438 g/mol. The Morgan fingerprint density at radius 1 is 1.23 bits per heavy atom. The first-order chi connectivity index (χ1) is 13.8. The Kier molecular flexibility index (Phi) is 3.46. The van der Waals surface area contributed by atoms with Crippen molar-refractivity contribution < 1.29 is 32.3 Å². The molecule has 2 spiro atoms. The molecule has 7 rings (SSSR count). The largest absolute Gasteiger partial charge is 0.387 e. The lowest BCUT2D eigenvalue weighted by Crippen LogP contribution is -2.92. The van der Waals surface area contributed by atoms with Crippen LogP contribution in [0.15, 0.2) is 12.2 Å². The van der Waals surface area contributed by atoms with E-state index in [0.717, 1.165) is 18.2 Å². The molecule has 10 atom stereocenters. The van der Waals surface area contributed by atoms with Crippen LogP contribution in [0.3, 0.4) is 0 Å². The number of carbonyl (C=O) groups is 1. The average Bonchev–Trinajstić information content (AvgIpc) is 2.62. The molecule has 2 unspecified atom stereocenters. The summed E-state index contributed by atoms with van der Waals surface area (Å²) in [6.07, 6.45) is 1.80. The zero-order valence-corrected chi connectivity index (χ0v) is 18.4. The van der Waals surface area contributed by atoms with Crippen LogP contribution in [0, 0.1) is 45.8 Å². The number of carbonyl (C=O) groups excluding carboxylic acids is 1. The van der Waals surface area contributed by atoms with Crippen molar-refractivity contribution in [2.24, 2.45) is 45.8 Å². The van der Waals surface area contributed by atoms with Crippen LogP contribution in [-0.4, -0.2) is 55.3 Å². The van der Waals surface area contributed by atoms with Crippen molar-refractivity contribution in [3.05, 3.63) is 12.2 Å². The van der Waals surface area contributed by atoms with Crippen LogP contribution in [0.2, 0.25) is 0 Å². The van der Waals surface area contributed by atoms with Crippen LogP contribution in [-0.2, 0) is 23.8 Å². The number of aliphatic hydroxyl groups is 2. The van der Waals surface area contributed by atoms with E-state index in [9.17, 15) is 23.4 Å². The number of ketones is 1. The molecule has 5 aliphatic carbocycles. The molecule has 2 N–H and O–H groups in total. The lowest BCUT2D eigenvalue weighted by Gasteiger charge is -2.83. The third-order valence-electron chi connectivity index (χ3n) is 10.1. The number of rotatable bonds is 2. The van der Waals surface area contributed by atoms with Crippen molar-refractivity contribution in [2.75, 3.05) is 12.9 Å². The Morgan fingerprint density at radius 3 is 2.60 bits per heavy atom. The molecule has 2 heterocycles. The third-order valence-corrected chi connectivity index (χ3v) is 10.6. The minimum absolute atomic E-state index is 0.0842. The number of allylic oxidation sites excluding steroid dienone is 1. The summed E-state index contributed by atoms with van der Waals surface area (Å²) in [5.74, 6) is -2.92. The summed E-state index contributed by atoms with van der Waals surface area (Å²) in [5.41, 5.74) is -1.45. The lowest BCUT2D eigenvalue weighted by molar-refractivity contribution is -0.473. The van der Waals surface area contributed by atoms with Gasteiger partial charge in [0.25, 0.3) is 10.1 Å². The normalized spacial score (nSPS) is 57.6. The first kappa shape index (κ1) is 19.9. The standard InChI is InChI=1S/C22H30O7S/c1-10-11-5-6-12-20-9-28-22(25,21(12)15(11)14(10)17(21)23)18(24)16(20)19(2,3)8-7-13(20)29-30(4,26)27/h11-16,18,24-25H,1,5-9H2,2-4H3/t11-,12-,13-,14?,15-,16+,18-,20+,21?,22-/m0/s1. The van der Waals surface area contributed by atoms with Crippen LogP contribution in [0.4, 0.5) is 0 Å². The molecular formula is C22H30O7S. The number of fused-ring (bicyclic) bond motifs is 1. The zero-order valence-electron chi connectivity index (χ0n) is 17.6. The third kappa shape index (κ3) is 1.75. The van der Waals surface area contributed by atoms with Crippen molar-refractivity contribution in [3.63, 3.8) is 0 Å². The molecule has 2 bridgehead atoms. The van der Waals surface area contributed by atoms with Crippen LogP contribution in [0.1, 0.15) is 39.5 Å². The SMILES string of the molecule is C=C1C2C(=O)C34[C@H]2[C@H]1CC[C@H]3[C@@]12CO[C@@]4(O)[C@@H](O)[C@@H]1C(C)(C)CC[C@@H]2OS(C)(=O)=O. The minimum atomic E-state index is -3.75. The van der Waals surface area contributed by atoms with Crippen LogP contribution >= 0.6 is 0 Å². The predicted molar refractivity (Wildman–Crippen MR) is 105 cm³/mol. The summed E-state index contributed by atoms with van der Waals surface area (Å²) in [7, 11) is -3.75. The molecule has 0 amide bonds. The number of hydrogen-bond acceptors (Lipinski definition) is 7. The molecule has 7 nitrogen and oxygen atoms in total. The number of hydrogen-bond donors (Lipinski definition) is 2. The van der Waals surface area contributed by atoms with E-state index in [-0.39, 0.29) is 41.5 Å². The summed E-state index contributed by atoms with van der Waals surface area (Å²) < 4.78 is 36.0. The minimum Gasteiger partial charge on any atom is -0.387 e. The van der Waals surface area contributed by atoms with Gasteiger partial charge in [0.2, 0.25) is 5.79 Å². The molecule has 2 aliphatic heterocycles. The fourth-order valence-corrected chi connectivity index (χ4v) is 10.0. The molecule has 7 aliphatic rings. The zero-order chi connectivity index (χ0) is 21.6. The first-order valence-corrected chi connectivity index (χ1v) is 12.8. The second-order valence-electron chi connectivity index (χ2n) is 11.4. The van der Waals surface area contributed by atoms with E-state index in [1.165, 1.54) is 0 Å². The van der Waals surface area contributed by atoms with E-state index < -0.39 is 44.9 Å². The fraction of sp³-hybridized carbons (Fsp3) is 0.864. The van der Waals surface area contributed by atoms with E-state index in [4.69, 9.17) is 8.92 Å². The van der Waals surface area contributed by atoms with Crippen molar-refractivity contribution in [1.29, 1.82) is 0 Å². The maximum atomic E-state index is 13.6. The van der Waals surface area contributed by atoms with E-state index in [1.807, 2.05) is 0 Å². The molecule has 2 saturated heterocycles. The van der Waals surface area contributed by atoms with Crippen molar-refractivity contribution in [3.8, 4) is 0 Å². The molecule has 0 aromatic carbocycles. The average molecular weight is 439 g/mol. The van der Waals surface area contributed by atoms with Gasteiger partial charge < -0.3 is 14.9 Å². The molecule has 166 valence electrons. The van der Waals surface area contributed by atoms with E-state index >= 15 is 0 Å². The number of ether oxygens (including phenoxy) is 1. The van der Waals surface area contributed by atoms with Crippen LogP contribution < -0.4 is 0 Å². The number of aliphatic hydroxyl groups excluding tert-OH is 1. The highest BCUT2D eigenvalue weighted by molar-refractivity contribution is 7.86. The van der Waals surface area contributed by atoms with Gasteiger partial charge in [0.1, 0.15) is 6.10 Å². The Hall–Kier alpha value is -0.800. The Labute approximate surface area is 176 Å². The second-order valence-corrected chi connectivity index (χ2v) is 13.0. The van der Waals surface area contributed by atoms with Gasteiger partial charge in [-0.05, 0) is 48.9 Å². The van der Waals surface area contributed by atoms with Crippen LogP contribution in [0.5, 0.6) is 0 Å². The van der Waals surface area contributed by atoms with E-state index in [2.05, 4.69) is 20.4 Å². The van der Waals surface area contributed by atoms with E-state index in [1.54, 1.807) is 0 Å². The maximum absolute atomic E-state index is 13.6. The molecule has 0 aromatic rings. The predicted octanol–water partition coefficient (Wildman–Crippen LogP) is 1.24.